The fourth-order valence-electron chi connectivity index (χ4n) is 3.01. The summed E-state index contributed by atoms with van der Waals surface area (Å²) in [5, 5.41) is 7.14. The summed E-state index contributed by atoms with van der Waals surface area (Å²) in [7, 11) is 3.52. The molecule has 2 heterocycles. The van der Waals surface area contributed by atoms with Gasteiger partial charge in [0.15, 0.2) is 4.77 Å². The second-order valence-corrected chi connectivity index (χ2v) is 6.15. The zero-order chi connectivity index (χ0) is 16.4. The first-order valence-electron chi connectivity index (χ1n) is 7.64. The molecule has 1 amide bonds. The van der Waals surface area contributed by atoms with Crippen molar-refractivity contribution >= 4 is 18.1 Å². The smallest absolute Gasteiger partial charge is 0.253 e. The van der Waals surface area contributed by atoms with E-state index in [9.17, 15) is 4.79 Å². The summed E-state index contributed by atoms with van der Waals surface area (Å²) >= 11 is 5.18. The second kappa shape index (κ2) is 6.54. The maximum absolute atomic E-state index is 12.7. The molecule has 1 atom stereocenters. The molecule has 0 aliphatic carbocycles. The Labute approximate surface area is 140 Å². The summed E-state index contributed by atoms with van der Waals surface area (Å²) in [6.07, 6.45) is 1.98. The molecule has 122 valence electrons. The lowest BCUT2D eigenvalue weighted by atomic mass is 9.96. The summed E-state index contributed by atoms with van der Waals surface area (Å²) in [5.74, 6) is 1.93. The SMILES string of the molecule is COc1ccc(C(=O)N2CCC[C@H](c3n[nH]c(=S)n3C)C2)cc1. The number of H-pyrrole nitrogens is 1. The fourth-order valence-corrected chi connectivity index (χ4v) is 3.15. The molecule has 0 unspecified atom stereocenters. The largest absolute Gasteiger partial charge is 0.497 e. The lowest BCUT2D eigenvalue weighted by molar-refractivity contribution is 0.0703. The average Bonchev–Trinajstić information content (AvgIpc) is 2.93. The molecule has 1 fully saturated rings. The molecule has 2 aromatic rings. The Morgan fingerprint density at radius 1 is 1.39 bits per heavy atom. The van der Waals surface area contributed by atoms with E-state index in [2.05, 4.69) is 10.2 Å². The Hall–Kier alpha value is -2.15. The average molecular weight is 332 g/mol. The Morgan fingerprint density at radius 3 is 2.74 bits per heavy atom. The number of likely N-dealkylation sites (tertiary alicyclic amines) is 1. The van der Waals surface area contributed by atoms with E-state index < -0.39 is 0 Å². The Bertz CT molecular complexity index is 750. The molecule has 1 aliphatic heterocycles. The van der Waals surface area contributed by atoms with Crippen molar-refractivity contribution < 1.29 is 9.53 Å². The molecule has 23 heavy (non-hydrogen) atoms. The molecule has 1 aromatic heterocycles. The van der Waals surface area contributed by atoms with E-state index in [0.717, 1.165) is 31.0 Å². The van der Waals surface area contributed by atoms with Gasteiger partial charge in [0.2, 0.25) is 0 Å². The van der Waals surface area contributed by atoms with Gasteiger partial charge >= 0.3 is 0 Å². The minimum Gasteiger partial charge on any atom is -0.497 e. The number of methoxy groups -OCH3 is 1. The molecule has 7 heteroatoms. The van der Waals surface area contributed by atoms with Crippen molar-refractivity contribution in [1.29, 1.82) is 0 Å². The van der Waals surface area contributed by atoms with E-state index in [1.54, 1.807) is 19.2 Å². The summed E-state index contributed by atoms with van der Waals surface area (Å²) in [5.41, 5.74) is 0.682. The molecule has 0 radical (unpaired) electrons. The summed E-state index contributed by atoms with van der Waals surface area (Å²) < 4.78 is 7.64. The monoisotopic (exact) mass is 332 g/mol. The van der Waals surface area contributed by atoms with Crippen LogP contribution in [0.1, 0.15) is 34.9 Å². The Morgan fingerprint density at radius 2 is 2.13 bits per heavy atom. The molecule has 6 nitrogen and oxygen atoms in total. The number of piperidine rings is 1. The molecule has 1 N–H and O–H groups in total. The lowest BCUT2D eigenvalue weighted by Crippen LogP contribution is -2.39. The van der Waals surface area contributed by atoms with Crippen LogP contribution in [0.15, 0.2) is 24.3 Å². The summed E-state index contributed by atoms with van der Waals surface area (Å²) in [6, 6.07) is 7.24. The first kappa shape index (κ1) is 15.7. The number of amides is 1. The van der Waals surface area contributed by atoms with Crippen LogP contribution in [0.4, 0.5) is 0 Å². The van der Waals surface area contributed by atoms with Crippen LogP contribution in [0.25, 0.3) is 0 Å². The van der Waals surface area contributed by atoms with Crippen molar-refractivity contribution in [1.82, 2.24) is 19.7 Å². The van der Waals surface area contributed by atoms with Crippen molar-refractivity contribution in [3.63, 3.8) is 0 Å². The van der Waals surface area contributed by atoms with Gasteiger partial charge in [-0.2, -0.15) is 5.10 Å². The molecular formula is C16H20N4O2S. The van der Waals surface area contributed by atoms with Gasteiger partial charge in [0.1, 0.15) is 11.6 Å². The maximum atomic E-state index is 12.7. The molecule has 3 rings (SSSR count). The zero-order valence-corrected chi connectivity index (χ0v) is 14.1. The minimum atomic E-state index is 0.0501. The first-order valence-corrected chi connectivity index (χ1v) is 8.05. The van der Waals surface area contributed by atoms with E-state index in [1.807, 2.05) is 28.6 Å². The van der Waals surface area contributed by atoms with Gasteiger partial charge in [-0.05, 0) is 49.3 Å². The fraction of sp³-hybridized carbons (Fsp3) is 0.438. The number of nitrogens with one attached hydrogen (secondary N) is 1. The number of hydrogen-bond donors (Lipinski definition) is 1. The summed E-state index contributed by atoms with van der Waals surface area (Å²) in [4.78, 5) is 14.6. The minimum absolute atomic E-state index is 0.0501. The van der Waals surface area contributed by atoms with Gasteiger partial charge < -0.3 is 14.2 Å². The molecule has 1 aliphatic rings. The van der Waals surface area contributed by atoms with Gasteiger partial charge in [0.25, 0.3) is 5.91 Å². The number of rotatable bonds is 3. The van der Waals surface area contributed by atoms with E-state index in [1.165, 1.54) is 0 Å². The molecular weight excluding hydrogens is 312 g/mol. The molecule has 0 spiro atoms. The zero-order valence-electron chi connectivity index (χ0n) is 13.3. The number of carbonyl (C=O) groups is 1. The molecule has 0 saturated carbocycles. The van der Waals surface area contributed by atoms with Crippen molar-refractivity contribution in [2.75, 3.05) is 20.2 Å². The van der Waals surface area contributed by atoms with E-state index >= 15 is 0 Å². The van der Waals surface area contributed by atoms with Crippen LogP contribution in [0.5, 0.6) is 5.75 Å². The molecule has 1 saturated heterocycles. The number of aromatic nitrogens is 3. The van der Waals surface area contributed by atoms with Gasteiger partial charge in [-0.15, -0.1) is 0 Å². The van der Waals surface area contributed by atoms with Crippen molar-refractivity contribution in [3.8, 4) is 5.75 Å². The normalized spacial score (nSPS) is 18.0. The standard InChI is InChI=1S/C16H20N4O2S/c1-19-14(17-18-16(19)23)12-4-3-9-20(10-12)15(21)11-5-7-13(22-2)8-6-11/h5-8,12H,3-4,9-10H2,1-2H3,(H,18,23)/t12-/m0/s1. The van der Waals surface area contributed by atoms with Crippen molar-refractivity contribution in [2.45, 2.75) is 18.8 Å². The van der Waals surface area contributed by atoms with E-state index in [4.69, 9.17) is 17.0 Å². The van der Waals surface area contributed by atoms with Crippen molar-refractivity contribution in [2.24, 2.45) is 7.05 Å². The van der Waals surface area contributed by atoms with Crippen LogP contribution in [-0.4, -0.2) is 45.8 Å². The maximum Gasteiger partial charge on any atom is 0.253 e. The topological polar surface area (TPSA) is 63.1 Å². The van der Waals surface area contributed by atoms with Gasteiger partial charge in [-0.3, -0.25) is 9.89 Å². The quantitative estimate of drug-likeness (QED) is 0.877. The molecule has 1 aromatic carbocycles. The third-order valence-corrected chi connectivity index (χ3v) is 4.69. The van der Waals surface area contributed by atoms with Crippen molar-refractivity contribution in [3.05, 3.63) is 40.4 Å². The number of hydrogen-bond acceptors (Lipinski definition) is 4. The van der Waals surface area contributed by atoms with Crippen LogP contribution in [0.2, 0.25) is 0 Å². The Balaban J connectivity index is 1.76. The predicted molar refractivity (Wildman–Crippen MR) is 89.3 cm³/mol. The van der Waals surface area contributed by atoms with Crippen LogP contribution >= 0.6 is 12.2 Å². The van der Waals surface area contributed by atoms with E-state index in [-0.39, 0.29) is 11.8 Å². The summed E-state index contributed by atoms with van der Waals surface area (Å²) in [6.45, 7) is 1.44. The third-order valence-electron chi connectivity index (χ3n) is 4.33. The van der Waals surface area contributed by atoms with Gasteiger partial charge in [-0.1, -0.05) is 0 Å². The number of nitrogens with zero attached hydrogens (tertiary/aromatic N) is 3. The predicted octanol–water partition coefficient (Wildman–Crippen LogP) is 2.51. The number of benzene rings is 1. The second-order valence-electron chi connectivity index (χ2n) is 5.76. The van der Waals surface area contributed by atoms with Crippen LogP contribution in [0.3, 0.4) is 0 Å². The highest BCUT2D eigenvalue weighted by molar-refractivity contribution is 7.71. The Kier molecular flexibility index (Phi) is 4.47. The van der Waals surface area contributed by atoms with Crippen LogP contribution in [0, 0.1) is 4.77 Å². The lowest BCUT2D eigenvalue weighted by Gasteiger charge is -2.32. The highest BCUT2D eigenvalue weighted by atomic mass is 32.1. The van der Waals surface area contributed by atoms with Gasteiger partial charge in [0, 0.05) is 31.6 Å². The van der Waals surface area contributed by atoms with Crippen LogP contribution < -0.4 is 4.74 Å². The number of carbonyl (C=O) groups excluding carboxylic acids is 1. The first-order chi connectivity index (χ1) is 11.1. The van der Waals surface area contributed by atoms with E-state index in [0.29, 0.717) is 16.9 Å². The third kappa shape index (κ3) is 3.14. The molecule has 0 bridgehead atoms. The number of aromatic amines is 1. The highest BCUT2D eigenvalue weighted by Gasteiger charge is 2.28. The number of ether oxygens (including phenoxy) is 1. The van der Waals surface area contributed by atoms with Crippen LogP contribution in [-0.2, 0) is 7.05 Å². The van der Waals surface area contributed by atoms with Gasteiger partial charge in [-0.25, -0.2) is 0 Å². The highest BCUT2D eigenvalue weighted by Crippen LogP contribution is 2.26. The van der Waals surface area contributed by atoms with Gasteiger partial charge in [0.05, 0.1) is 7.11 Å².